The number of benzene rings is 4. The van der Waals surface area contributed by atoms with Crippen molar-refractivity contribution in [1.29, 1.82) is 0 Å². The Hall–Kier alpha value is -4.70. The van der Waals surface area contributed by atoms with Crippen LogP contribution in [0.15, 0.2) is 97.2 Å². The second-order valence-corrected chi connectivity index (χ2v) is 13.6. The molecule has 4 heteroatoms. The Morgan fingerprint density at radius 2 is 1.45 bits per heavy atom. The van der Waals surface area contributed by atoms with Crippen LogP contribution < -0.4 is 13.9 Å². The maximum absolute atomic E-state index is 6.96. The summed E-state index contributed by atoms with van der Waals surface area (Å²) >= 11 is 0. The molecule has 3 aliphatic rings. The number of hydrogen-bond acceptors (Lipinski definition) is 1. The number of imidazole rings is 1. The van der Waals surface area contributed by atoms with E-state index in [-0.39, 0.29) is 0 Å². The third kappa shape index (κ3) is 2.99. The van der Waals surface area contributed by atoms with Gasteiger partial charge in [-0.2, -0.15) is 13.7 Å². The molecule has 1 unspecified atom stereocenters. The lowest BCUT2D eigenvalue weighted by Gasteiger charge is -2.22. The molecule has 9 rings (SSSR count). The van der Waals surface area contributed by atoms with Crippen LogP contribution >= 0.6 is 0 Å². The molecule has 0 saturated heterocycles. The number of pyridine rings is 1. The fourth-order valence-corrected chi connectivity index (χ4v) is 8.08. The van der Waals surface area contributed by atoms with Crippen LogP contribution in [0.1, 0.15) is 92.9 Å². The van der Waals surface area contributed by atoms with Crippen LogP contribution in [0.5, 0.6) is 11.5 Å². The molecular formula is C40H37N3O+2. The van der Waals surface area contributed by atoms with Gasteiger partial charge in [0.05, 0.1) is 16.7 Å². The van der Waals surface area contributed by atoms with Crippen molar-refractivity contribution in [2.45, 2.75) is 64.8 Å². The monoisotopic (exact) mass is 575 g/mol. The topological polar surface area (TPSA) is 21.9 Å². The molecule has 0 radical (unpaired) electrons. The van der Waals surface area contributed by atoms with Crippen LogP contribution in [0.2, 0.25) is 0 Å². The molecule has 0 N–H and O–H groups in total. The van der Waals surface area contributed by atoms with E-state index in [9.17, 15) is 0 Å². The summed E-state index contributed by atoms with van der Waals surface area (Å²) in [5.41, 5.74) is 13.1. The minimum atomic E-state index is -0.581. The van der Waals surface area contributed by atoms with Gasteiger partial charge in [0.2, 0.25) is 11.2 Å². The summed E-state index contributed by atoms with van der Waals surface area (Å²) in [6.07, 6.45) is 2.27. The molecule has 0 bridgehead atoms. The number of rotatable bonds is 4. The Balaban J connectivity index is 1.54. The standard InChI is InChI=1S/C40H37N3O/c1-23(2)26-20-27(24(3)4)22-28(21-26)42-34-15-11-16-35-37(34)43-36-32(18-17-29(25(5)6)38(36)44-35)40(39(42)43)31-13-8-7-12-30(31)33-14-9-10-19-41(33)40/h7-25H,1-6H3/q+2. The van der Waals surface area contributed by atoms with Crippen LogP contribution in [-0.2, 0) is 5.54 Å². The lowest BCUT2D eigenvalue weighted by Crippen LogP contribution is -2.57. The van der Waals surface area contributed by atoms with Crippen molar-refractivity contribution in [3.63, 3.8) is 0 Å². The van der Waals surface area contributed by atoms with Crippen molar-refractivity contribution in [2.75, 3.05) is 0 Å². The predicted octanol–water partition coefficient (Wildman–Crippen LogP) is 8.80. The molecule has 3 aliphatic heterocycles. The normalized spacial score (nSPS) is 16.8. The Morgan fingerprint density at radius 3 is 2.20 bits per heavy atom. The van der Waals surface area contributed by atoms with Gasteiger partial charge in [-0.1, -0.05) is 77.9 Å². The lowest BCUT2D eigenvalue weighted by molar-refractivity contribution is -0.733. The second kappa shape index (κ2) is 8.69. The zero-order chi connectivity index (χ0) is 30.1. The summed E-state index contributed by atoms with van der Waals surface area (Å²) in [5, 5.41) is 0. The molecule has 1 spiro atoms. The third-order valence-electron chi connectivity index (χ3n) is 10.2. The highest BCUT2D eigenvalue weighted by atomic mass is 16.5. The van der Waals surface area contributed by atoms with E-state index in [0.29, 0.717) is 17.8 Å². The van der Waals surface area contributed by atoms with Crippen molar-refractivity contribution >= 4 is 11.0 Å². The van der Waals surface area contributed by atoms with Gasteiger partial charge in [0.15, 0.2) is 28.9 Å². The van der Waals surface area contributed by atoms with Crippen LogP contribution in [-0.4, -0.2) is 4.57 Å². The number of hydrogen-bond donors (Lipinski definition) is 0. The largest absolute Gasteiger partial charge is 0.448 e. The van der Waals surface area contributed by atoms with E-state index >= 15 is 0 Å². The fourth-order valence-electron chi connectivity index (χ4n) is 8.08. The van der Waals surface area contributed by atoms with Gasteiger partial charge in [-0.05, 0) is 71.3 Å². The highest BCUT2D eigenvalue weighted by Crippen LogP contribution is 2.56. The first-order valence-corrected chi connectivity index (χ1v) is 16.0. The molecule has 2 aromatic heterocycles. The predicted molar refractivity (Wildman–Crippen MR) is 175 cm³/mol. The van der Waals surface area contributed by atoms with Gasteiger partial charge >= 0.3 is 11.4 Å². The molecular weight excluding hydrogens is 538 g/mol. The Bertz CT molecular complexity index is 2130. The molecule has 5 heterocycles. The first-order chi connectivity index (χ1) is 21.3. The fraction of sp³-hybridized carbons (Fsp3) is 0.250. The van der Waals surface area contributed by atoms with Crippen LogP contribution in [0.25, 0.3) is 33.7 Å². The first-order valence-electron chi connectivity index (χ1n) is 16.0. The summed E-state index contributed by atoms with van der Waals surface area (Å²) < 4.78 is 14.6. The van der Waals surface area contributed by atoms with Crippen molar-refractivity contribution in [3.05, 3.63) is 131 Å². The van der Waals surface area contributed by atoms with Gasteiger partial charge in [0.25, 0.3) is 0 Å². The lowest BCUT2D eigenvalue weighted by atomic mass is 9.81. The highest BCUT2D eigenvalue weighted by molar-refractivity contribution is 5.87. The average molecular weight is 576 g/mol. The summed E-state index contributed by atoms with van der Waals surface area (Å²) in [6.45, 7) is 13.7. The molecule has 0 aliphatic carbocycles. The molecule has 0 amide bonds. The van der Waals surface area contributed by atoms with Crippen LogP contribution in [0, 0.1) is 0 Å². The molecule has 6 aromatic rings. The Kier molecular flexibility index (Phi) is 5.09. The number of nitrogens with zero attached hydrogens (tertiary/aromatic N) is 3. The molecule has 4 nitrogen and oxygen atoms in total. The number of fused-ring (bicyclic) bond motifs is 7. The van der Waals surface area contributed by atoms with E-state index in [2.05, 4.69) is 152 Å². The Morgan fingerprint density at radius 1 is 0.705 bits per heavy atom. The van der Waals surface area contributed by atoms with E-state index in [1.807, 2.05) is 0 Å². The maximum atomic E-state index is 6.96. The number of para-hydroxylation sites is 1. The summed E-state index contributed by atoms with van der Waals surface area (Å²) in [5.74, 6) is 4.29. The second-order valence-electron chi connectivity index (χ2n) is 13.6. The van der Waals surface area contributed by atoms with E-state index in [1.165, 1.54) is 61.8 Å². The third-order valence-corrected chi connectivity index (χ3v) is 10.2. The highest BCUT2D eigenvalue weighted by Gasteiger charge is 2.69. The van der Waals surface area contributed by atoms with E-state index < -0.39 is 5.54 Å². The van der Waals surface area contributed by atoms with Gasteiger partial charge in [-0.15, -0.1) is 0 Å². The molecule has 1 atom stereocenters. The minimum Gasteiger partial charge on any atom is -0.448 e. The smallest absolute Gasteiger partial charge is 0.352 e. The van der Waals surface area contributed by atoms with Gasteiger partial charge in [0.1, 0.15) is 5.69 Å². The molecule has 4 aromatic carbocycles. The number of aromatic nitrogens is 3. The van der Waals surface area contributed by atoms with Gasteiger partial charge in [-0.25, -0.2) is 0 Å². The minimum absolute atomic E-state index is 0.325. The molecule has 216 valence electrons. The summed E-state index contributed by atoms with van der Waals surface area (Å²) in [7, 11) is 0. The van der Waals surface area contributed by atoms with Gasteiger partial charge in [0, 0.05) is 17.7 Å². The Labute approximate surface area is 258 Å². The van der Waals surface area contributed by atoms with Gasteiger partial charge in [-0.3, -0.25) is 0 Å². The zero-order valence-electron chi connectivity index (χ0n) is 26.2. The quantitative estimate of drug-likeness (QED) is 0.192. The molecule has 0 fully saturated rings. The van der Waals surface area contributed by atoms with Crippen LogP contribution in [0.3, 0.4) is 0 Å². The van der Waals surface area contributed by atoms with E-state index in [0.717, 1.165) is 17.0 Å². The molecule has 44 heavy (non-hydrogen) atoms. The SMILES string of the molecule is CC(C)c1cc(C(C)C)cc(-n2c3[n+]4c5c(cccc52)Oc2c(C(C)C)ccc(c2-4)C32c3ccccc3-c3cccc[n+]32)c1. The van der Waals surface area contributed by atoms with Crippen molar-refractivity contribution in [1.82, 2.24) is 4.57 Å². The molecule has 0 saturated carbocycles. The van der Waals surface area contributed by atoms with E-state index in [4.69, 9.17) is 4.74 Å². The first kappa shape index (κ1) is 25.8. The van der Waals surface area contributed by atoms with Crippen molar-refractivity contribution < 1.29 is 13.9 Å². The maximum Gasteiger partial charge on any atom is 0.352 e. The van der Waals surface area contributed by atoms with Crippen molar-refractivity contribution in [2.24, 2.45) is 0 Å². The van der Waals surface area contributed by atoms with E-state index in [1.54, 1.807) is 0 Å². The summed E-state index contributed by atoms with van der Waals surface area (Å²) in [6, 6.07) is 34.1. The van der Waals surface area contributed by atoms with Gasteiger partial charge < -0.3 is 4.74 Å². The summed E-state index contributed by atoms with van der Waals surface area (Å²) in [4.78, 5) is 0. The average Bonchev–Trinajstić information content (AvgIpc) is 3.63. The zero-order valence-corrected chi connectivity index (χ0v) is 26.2. The van der Waals surface area contributed by atoms with Crippen LogP contribution in [0.4, 0.5) is 0 Å². The van der Waals surface area contributed by atoms with Crippen molar-refractivity contribution in [3.8, 4) is 34.1 Å². The number of ether oxygens (including phenoxy) is 1.